The number of hydrogen-bond donors (Lipinski definition) is 2. The van der Waals surface area contributed by atoms with E-state index in [1.165, 1.54) is 25.7 Å². The van der Waals surface area contributed by atoms with Crippen molar-refractivity contribution in [2.75, 3.05) is 6.61 Å². The molecule has 0 aromatic rings. The minimum atomic E-state index is 0.289. The van der Waals surface area contributed by atoms with Gasteiger partial charge in [0.25, 0.3) is 0 Å². The third kappa shape index (κ3) is 2.96. The van der Waals surface area contributed by atoms with Crippen LogP contribution in [0.2, 0.25) is 0 Å². The molecule has 2 nitrogen and oxygen atoms in total. The Morgan fingerprint density at radius 1 is 1.36 bits per heavy atom. The van der Waals surface area contributed by atoms with E-state index < -0.39 is 0 Å². The van der Waals surface area contributed by atoms with Crippen LogP contribution < -0.4 is 5.32 Å². The standard InChI is InChI=1S/C12H25NO/c1-4-11-6-5-7-12(11)13-10(3)9(2)8-14/h9-14H,4-8H2,1-3H3. The smallest absolute Gasteiger partial charge is 0.0471 e. The Kier molecular flexibility index (Phi) is 4.90. The quantitative estimate of drug-likeness (QED) is 0.711. The molecule has 0 heterocycles. The van der Waals surface area contributed by atoms with Crippen LogP contribution in [-0.4, -0.2) is 23.8 Å². The van der Waals surface area contributed by atoms with Gasteiger partial charge in [0.05, 0.1) is 0 Å². The van der Waals surface area contributed by atoms with Crippen LogP contribution in [0.25, 0.3) is 0 Å². The zero-order valence-corrected chi connectivity index (χ0v) is 9.79. The number of nitrogens with one attached hydrogen (secondary N) is 1. The second kappa shape index (κ2) is 5.72. The predicted octanol–water partition coefficient (Wildman–Crippen LogP) is 2.17. The maximum atomic E-state index is 9.06. The third-order valence-corrected chi connectivity index (χ3v) is 3.80. The van der Waals surface area contributed by atoms with Crippen LogP contribution in [0.3, 0.4) is 0 Å². The molecule has 0 amide bonds. The van der Waals surface area contributed by atoms with Crippen LogP contribution in [0.4, 0.5) is 0 Å². The van der Waals surface area contributed by atoms with E-state index in [-0.39, 0.29) is 6.61 Å². The molecule has 1 fully saturated rings. The Labute approximate surface area is 88.1 Å². The third-order valence-electron chi connectivity index (χ3n) is 3.80. The molecule has 0 radical (unpaired) electrons. The summed E-state index contributed by atoms with van der Waals surface area (Å²) in [5.41, 5.74) is 0. The van der Waals surface area contributed by atoms with Crippen molar-refractivity contribution in [3.63, 3.8) is 0 Å². The lowest BCUT2D eigenvalue weighted by molar-refractivity contribution is 0.194. The van der Waals surface area contributed by atoms with E-state index in [1.54, 1.807) is 0 Å². The first-order valence-corrected chi connectivity index (χ1v) is 6.06. The van der Waals surface area contributed by atoms with Crippen molar-refractivity contribution in [1.29, 1.82) is 0 Å². The van der Waals surface area contributed by atoms with Gasteiger partial charge in [-0.05, 0) is 31.6 Å². The molecule has 2 heteroatoms. The van der Waals surface area contributed by atoms with Crippen molar-refractivity contribution in [3.8, 4) is 0 Å². The van der Waals surface area contributed by atoms with Crippen molar-refractivity contribution >= 4 is 0 Å². The summed E-state index contributed by atoms with van der Waals surface area (Å²) >= 11 is 0. The molecule has 0 saturated heterocycles. The second-order valence-electron chi connectivity index (χ2n) is 4.82. The number of aliphatic hydroxyl groups is 1. The van der Waals surface area contributed by atoms with Crippen LogP contribution in [0.15, 0.2) is 0 Å². The van der Waals surface area contributed by atoms with Gasteiger partial charge in [0.2, 0.25) is 0 Å². The van der Waals surface area contributed by atoms with Gasteiger partial charge in [-0.3, -0.25) is 0 Å². The summed E-state index contributed by atoms with van der Waals surface area (Å²) in [5, 5.41) is 12.7. The fourth-order valence-electron chi connectivity index (χ4n) is 2.40. The molecule has 1 aliphatic carbocycles. The van der Waals surface area contributed by atoms with E-state index in [4.69, 9.17) is 5.11 Å². The molecule has 1 saturated carbocycles. The fourth-order valence-corrected chi connectivity index (χ4v) is 2.40. The van der Waals surface area contributed by atoms with Crippen molar-refractivity contribution in [2.24, 2.45) is 11.8 Å². The molecular formula is C12H25NO. The van der Waals surface area contributed by atoms with Crippen LogP contribution in [-0.2, 0) is 0 Å². The summed E-state index contributed by atoms with van der Waals surface area (Å²) in [6, 6.07) is 1.14. The Bertz CT molecular complexity index is 160. The molecule has 0 aliphatic heterocycles. The zero-order valence-electron chi connectivity index (χ0n) is 9.79. The molecule has 84 valence electrons. The Hall–Kier alpha value is -0.0800. The first kappa shape index (κ1) is 12.0. The molecule has 4 atom stereocenters. The van der Waals surface area contributed by atoms with Gasteiger partial charge in [-0.15, -0.1) is 0 Å². The van der Waals surface area contributed by atoms with Crippen LogP contribution >= 0.6 is 0 Å². The van der Waals surface area contributed by atoms with E-state index in [0.717, 1.165) is 5.92 Å². The van der Waals surface area contributed by atoms with Crippen LogP contribution in [0.5, 0.6) is 0 Å². The summed E-state index contributed by atoms with van der Waals surface area (Å²) in [7, 11) is 0. The molecular weight excluding hydrogens is 174 g/mol. The summed E-state index contributed by atoms with van der Waals surface area (Å²) in [6.45, 7) is 6.86. The molecule has 1 aliphatic rings. The molecule has 14 heavy (non-hydrogen) atoms. The topological polar surface area (TPSA) is 32.3 Å². The molecule has 0 aromatic carbocycles. The van der Waals surface area contributed by atoms with E-state index >= 15 is 0 Å². The predicted molar refractivity (Wildman–Crippen MR) is 60.3 cm³/mol. The van der Waals surface area contributed by atoms with Crippen LogP contribution in [0.1, 0.15) is 46.5 Å². The Balaban J connectivity index is 2.35. The highest BCUT2D eigenvalue weighted by Crippen LogP contribution is 2.28. The van der Waals surface area contributed by atoms with E-state index in [0.29, 0.717) is 18.0 Å². The van der Waals surface area contributed by atoms with Gasteiger partial charge < -0.3 is 10.4 Å². The van der Waals surface area contributed by atoms with E-state index in [1.807, 2.05) is 0 Å². The Morgan fingerprint density at radius 3 is 2.64 bits per heavy atom. The summed E-state index contributed by atoms with van der Waals surface area (Å²) < 4.78 is 0. The zero-order chi connectivity index (χ0) is 10.6. The second-order valence-corrected chi connectivity index (χ2v) is 4.82. The SMILES string of the molecule is CCC1CCCC1NC(C)C(C)CO. The average Bonchev–Trinajstić information content (AvgIpc) is 2.63. The van der Waals surface area contributed by atoms with Gasteiger partial charge in [-0.1, -0.05) is 26.7 Å². The summed E-state index contributed by atoms with van der Waals surface area (Å²) in [4.78, 5) is 0. The van der Waals surface area contributed by atoms with Gasteiger partial charge in [-0.25, -0.2) is 0 Å². The lowest BCUT2D eigenvalue weighted by Crippen LogP contribution is -2.42. The maximum Gasteiger partial charge on any atom is 0.0471 e. The lowest BCUT2D eigenvalue weighted by atomic mass is 9.97. The van der Waals surface area contributed by atoms with Gasteiger partial charge >= 0.3 is 0 Å². The molecule has 0 aromatic heterocycles. The first-order valence-electron chi connectivity index (χ1n) is 6.06. The number of rotatable bonds is 5. The minimum Gasteiger partial charge on any atom is -0.396 e. The van der Waals surface area contributed by atoms with Crippen molar-refractivity contribution in [1.82, 2.24) is 5.32 Å². The van der Waals surface area contributed by atoms with Gasteiger partial charge in [0, 0.05) is 18.7 Å². The van der Waals surface area contributed by atoms with Gasteiger partial charge in [-0.2, -0.15) is 0 Å². The van der Waals surface area contributed by atoms with Gasteiger partial charge in [0.15, 0.2) is 0 Å². The average molecular weight is 199 g/mol. The summed E-state index contributed by atoms with van der Waals surface area (Å²) in [5.74, 6) is 1.23. The number of hydrogen-bond acceptors (Lipinski definition) is 2. The summed E-state index contributed by atoms with van der Waals surface area (Å²) in [6.07, 6.45) is 5.36. The Morgan fingerprint density at radius 2 is 2.07 bits per heavy atom. The lowest BCUT2D eigenvalue weighted by Gasteiger charge is -2.27. The minimum absolute atomic E-state index is 0.289. The molecule has 0 spiro atoms. The molecule has 0 bridgehead atoms. The fraction of sp³-hybridized carbons (Fsp3) is 1.00. The van der Waals surface area contributed by atoms with Crippen molar-refractivity contribution in [2.45, 2.75) is 58.5 Å². The van der Waals surface area contributed by atoms with Crippen molar-refractivity contribution < 1.29 is 5.11 Å². The van der Waals surface area contributed by atoms with E-state index in [9.17, 15) is 0 Å². The maximum absolute atomic E-state index is 9.06. The molecule has 1 rings (SSSR count). The normalized spacial score (nSPS) is 31.7. The van der Waals surface area contributed by atoms with E-state index in [2.05, 4.69) is 26.1 Å². The highest BCUT2D eigenvalue weighted by Gasteiger charge is 2.27. The van der Waals surface area contributed by atoms with Gasteiger partial charge in [0.1, 0.15) is 0 Å². The highest BCUT2D eigenvalue weighted by molar-refractivity contribution is 4.85. The molecule has 4 unspecified atom stereocenters. The largest absolute Gasteiger partial charge is 0.396 e. The highest BCUT2D eigenvalue weighted by atomic mass is 16.3. The molecule has 2 N–H and O–H groups in total. The first-order chi connectivity index (χ1) is 6.69. The monoisotopic (exact) mass is 199 g/mol. The van der Waals surface area contributed by atoms with Crippen LogP contribution in [0, 0.1) is 11.8 Å². The number of aliphatic hydroxyl groups excluding tert-OH is 1. The van der Waals surface area contributed by atoms with Crippen molar-refractivity contribution in [3.05, 3.63) is 0 Å².